The Kier molecular flexibility index (Phi) is 4.05. The van der Waals surface area contributed by atoms with Crippen LogP contribution in [0.15, 0.2) is 10.7 Å². The summed E-state index contributed by atoms with van der Waals surface area (Å²) in [5, 5.41) is 19.2. The van der Waals surface area contributed by atoms with E-state index in [1.807, 2.05) is 0 Å². The molecular weight excluding hydrogens is 306 g/mol. The standard InChI is InChI=1S/C8H5BrF2N2O4/c9-6-3(8(10)11)2-12-4(1-5(14)15)7(6)13(16)17/h2,8H,1H2,(H,14,15). The van der Waals surface area contributed by atoms with Gasteiger partial charge in [0.25, 0.3) is 6.43 Å². The Labute approximate surface area is 102 Å². The van der Waals surface area contributed by atoms with Gasteiger partial charge in [0.2, 0.25) is 0 Å². The molecule has 0 amide bonds. The molecule has 1 rings (SSSR count). The van der Waals surface area contributed by atoms with E-state index >= 15 is 0 Å². The minimum atomic E-state index is -2.94. The van der Waals surface area contributed by atoms with Gasteiger partial charge < -0.3 is 5.11 Å². The second-order valence-corrected chi connectivity index (χ2v) is 3.74. The largest absolute Gasteiger partial charge is 0.481 e. The van der Waals surface area contributed by atoms with Gasteiger partial charge in [-0.05, 0) is 15.9 Å². The van der Waals surface area contributed by atoms with E-state index in [9.17, 15) is 23.7 Å². The molecule has 0 saturated heterocycles. The highest BCUT2D eigenvalue weighted by atomic mass is 79.9. The monoisotopic (exact) mass is 310 g/mol. The van der Waals surface area contributed by atoms with Crippen LogP contribution >= 0.6 is 15.9 Å². The van der Waals surface area contributed by atoms with Crippen LogP contribution in [0.4, 0.5) is 14.5 Å². The third-order valence-corrected chi connectivity index (χ3v) is 2.66. The van der Waals surface area contributed by atoms with E-state index in [0.717, 1.165) is 6.20 Å². The molecule has 0 radical (unpaired) electrons. The molecule has 0 atom stereocenters. The number of hydrogen-bond donors (Lipinski definition) is 1. The van der Waals surface area contributed by atoms with Crippen molar-refractivity contribution in [3.63, 3.8) is 0 Å². The van der Waals surface area contributed by atoms with Crippen LogP contribution in [0.25, 0.3) is 0 Å². The zero-order valence-corrected chi connectivity index (χ0v) is 9.65. The number of rotatable bonds is 4. The van der Waals surface area contributed by atoms with Gasteiger partial charge >= 0.3 is 11.7 Å². The average molecular weight is 311 g/mol. The molecule has 0 aliphatic carbocycles. The zero-order chi connectivity index (χ0) is 13.2. The maximum absolute atomic E-state index is 12.5. The van der Waals surface area contributed by atoms with E-state index in [-0.39, 0.29) is 5.69 Å². The van der Waals surface area contributed by atoms with Crippen molar-refractivity contribution in [1.29, 1.82) is 0 Å². The number of halogens is 3. The van der Waals surface area contributed by atoms with Crippen LogP contribution in [0.1, 0.15) is 17.7 Å². The van der Waals surface area contributed by atoms with Crippen molar-refractivity contribution >= 4 is 27.6 Å². The molecule has 0 unspecified atom stereocenters. The summed E-state index contributed by atoms with van der Waals surface area (Å²) in [5.74, 6) is -1.34. The fraction of sp³-hybridized carbons (Fsp3) is 0.250. The van der Waals surface area contributed by atoms with Gasteiger partial charge in [-0.2, -0.15) is 0 Å². The van der Waals surface area contributed by atoms with Crippen LogP contribution in [-0.4, -0.2) is 21.0 Å². The van der Waals surface area contributed by atoms with Crippen LogP contribution in [0.5, 0.6) is 0 Å². The number of pyridine rings is 1. The third kappa shape index (κ3) is 2.93. The van der Waals surface area contributed by atoms with Crippen molar-refractivity contribution in [3.8, 4) is 0 Å². The second kappa shape index (κ2) is 5.13. The highest BCUT2D eigenvalue weighted by Crippen LogP contribution is 2.35. The Morgan fingerprint density at radius 2 is 2.24 bits per heavy atom. The number of hydrogen-bond acceptors (Lipinski definition) is 4. The lowest BCUT2D eigenvalue weighted by Crippen LogP contribution is -2.08. The number of carboxylic acid groups (broad SMARTS) is 1. The number of nitro groups is 1. The maximum Gasteiger partial charge on any atom is 0.309 e. The molecule has 6 nitrogen and oxygen atoms in total. The molecule has 1 aromatic heterocycles. The van der Waals surface area contributed by atoms with E-state index in [2.05, 4.69) is 20.9 Å². The first-order chi connectivity index (χ1) is 7.84. The van der Waals surface area contributed by atoms with Crippen molar-refractivity contribution in [2.24, 2.45) is 0 Å². The number of alkyl halides is 2. The van der Waals surface area contributed by atoms with Gasteiger partial charge in [0.05, 0.1) is 16.9 Å². The zero-order valence-electron chi connectivity index (χ0n) is 8.06. The summed E-state index contributed by atoms with van der Waals surface area (Å²) in [4.78, 5) is 23.6. The van der Waals surface area contributed by atoms with Crippen LogP contribution in [-0.2, 0) is 11.2 Å². The molecule has 1 N–H and O–H groups in total. The first-order valence-corrected chi connectivity index (χ1v) is 4.95. The molecular formula is C8H5BrF2N2O4. The fourth-order valence-electron chi connectivity index (χ4n) is 1.14. The Morgan fingerprint density at radius 3 is 2.65 bits per heavy atom. The predicted octanol–water partition coefficient (Wildman–Crippen LogP) is 2.32. The lowest BCUT2D eigenvalue weighted by Gasteiger charge is -2.06. The topological polar surface area (TPSA) is 93.3 Å². The highest BCUT2D eigenvalue weighted by Gasteiger charge is 2.27. The normalized spacial score (nSPS) is 10.6. The van der Waals surface area contributed by atoms with E-state index in [4.69, 9.17) is 5.11 Å². The summed E-state index contributed by atoms with van der Waals surface area (Å²) in [6.07, 6.45) is -2.92. The number of aromatic nitrogens is 1. The first kappa shape index (κ1) is 13.4. The van der Waals surface area contributed by atoms with Gasteiger partial charge in [0, 0.05) is 6.20 Å². The van der Waals surface area contributed by atoms with E-state index in [1.54, 1.807) is 0 Å². The maximum atomic E-state index is 12.5. The molecule has 0 spiro atoms. The molecule has 0 saturated carbocycles. The van der Waals surface area contributed by atoms with E-state index < -0.39 is 39.5 Å². The lowest BCUT2D eigenvalue weighted by atomic mass is 10.2. The molecule has 92 valence electrons. The van der Waals surface area contributed by atoms with Crippen LogP contribution in [0, 0.1) is 10.1 Å². The Morgan fingerprint density at radius 1 is 1.65 bits per heavy atom. The SMILES string of the molecule is O=C(O)Cc1ncc(C(F)F)c(Br)c1[N+](=O)[O-]. The van der Waals surface area contributed by atoms with Gasteiger partial charge in [-0.1, -0.05) is 0 Å². The average Bonchev–Trinajstić information content (AvgIpc) is 2.15. The molecule has 0 aliphatic heterocycles. The Bertz CT molecular complexity index is 481. The number of nitrogens with zero attached hydrogens (tertiary/aromatic N) is 2. The van der Waals surface area contributed by atoms with Crippen molar-refractivity contribution in [2.45, 2.75) is 12.8 Å². The van der Waals surface area contributed by atoms with Gasteiger partial charge in [0.1, 0.15) is 10.2 Å². The smallest absolute Gasteiger partial charge is 0.309 e. The molecule has 0 aliphatic rings. The highest BCUT2D eigenvalue weighted by molar-refractivity contribution is 9.10. The van der Waals surface area contributed by atoms with Crippen molar-refractivity contribution in [1.82, 2.24) is 4.98 Å². The van der Waals surface area contributed by atoms with Gasteiger partial charge in [-0.3, -0.25) is 19.9 Å². The molecule has 17 heavy (non-hydrogen) atoms. The summed E-state index contributed by atoms with van der Waals surface area (Å²) in [5.41, 5.74) is -1.77. The summed E-state index contributed by atoms with van der Waals surface area (Å²) < 4.78 is 24.5. The van der Waals surface area contributed by atoms with Crippen molar-refractivity contribution in [3.05, 3.63) is 32.0 Å². The Hall–Kier alpha value is -1.64. The van der Waals surface area contributed by atoms with Gasteiger partial charge in [0.15, 0.2) is 0 Å². The van der Waals surface area contributed by atoms with Crippen LogP contribution < -0.4 is 0 Å². The molecule has 9 heteroatoms. The van der Waals surface area contributed by atoms with Gasteiger partial charge in [-0.15, -0.1) is 0 Å². The van der Waals surface area contributed by atoms with Crippen molar-refractivity contribution in [2.75, 3.05) is 0 Å². The summed E-state index contributed by atoms with van der Waals surface area (Å²) in [6.45, 7) is 0. The third-order valence-electron chi connectivity index (χ3n) is 1.83. The molecule has 1 heterocycles. The lowest BCUT2D eigenvalue weighted by molar-refractivity contribution is -0.386. The van der Waals surface area contributed by atoms with E-state index in [1.165, 1.54) is 0 Å². The predicted molar refractivity (Wildman–Crippen MR) is 54.9 cm³/mol. The van der Waals surface area contributed by atoms with Crippen LogP contribution in [0.3, 0.4) is 0 Å². The molecule has 1 aromatic rings. The quantitative estimate of drug-likeness (QED) is 0.680. The van der Waals surface area contributed by atoms with E-state index in [0.29, 0.717) is 0 Å². The number of carbonyl (C=O) groups is 1. The minimum Gasteiger partial charge on any atom is -0.481 e. The minimum absolute atomic E-state index is 0.376. The summed E-state index contributed by atoms with van der Waals surface area (Å²) >= 11 is 2.67. The number of carboxylic acids is 1. The molecule has 0 aromatic carbocycles. The first-order valence-electron chi connectivity index (χ1n) is 4.16. The van der Waals surface area contributed by atoms with Crippen LogP contribution in [0.2, 0.25) is 0 Å². The molecule has 0 fully saturated rings. The van der Waals surface area contributed by atoms with Gasteiger partial charge in [-0.25, -0.2) is 8.78 Å². The molecule has 0 bridgehead atoms. The Balaban J connectivity index is 3.39. The summed E-state index contributed by atoms with van der Waals surface area (Å²) in [7, 11) is 0. The van der Waals surface area contributed by atoms with Crippen molar-refractivity contribution < 1.29 is 23.6 Å². The fourth-order valence-corrected chi connectivity index (χ4v) is 1.79. The summed E-state index contributed by atoms with van der Waals surface area (Å²) in [6, 6.07) is 0. The second-order valence-electron chi connectivity index (χ2n) is 2.95. The number of aliphatic carboxylic acids is 1.